The quantitative estimate of drug-likeness (QED) is 0.360. The molecule has 0 aliphatic carbocycles. The first-order valence-corrected chi connectivity index (χ1v) is 9.99. The predicted octanol–water partition coefficient (Wildman–Crippen LogP) is 8.06. The molecule has 0 fully saturated rings. The van der Waals surface area contributed by atoms with Crippen molar-refractivity contribution in [1.29, 1.82) is 0 Å². The molecule has 0 aliphatic heterocycles. The van der Waals surface area contributed by atoms with Crippen molar-refractivity contribution in [1.82, 2.24) is 0 Å². The predicted molar refractivity (Wildman–Crippen MR) is 104 cm³/mol. The van der Waals surface area contributed by atoms with E-state index in [-0.39, 0.29) is 0 Å². The molecule has 0 saturated heterocycles. The summed E-state index contributed by atoms with van der Waals surface area (Å²) in [4.78, 5) is 0. The zero-order chi connectivity index (χ0) is 18.3. The summed E-state index contributed by atoms with van der Waals surface area (Å²) in [5, 5.41) is 0. The minimum atomic E-state index is -0.993. The molecule has 0 nitrogen and oxygen atoms in total. The molecule has 0 N–H and O–H groups in total. The van der Waals surface area contributed by atoms with Crippen LogP contribution in [0.1, 0.15) is 107 Å². The second kappa shape index (κ2) is 10.0. The smallest absolute Gasteiger partial charge is 0.108 e. The van der Waals surface area contributed by atoms with Crippen LogP contribution in [0, 0.1) is 29.1 Å². The Morgan fingerprint density at radius 1 is 0.696 bits per heavy atom. The maximum Gasteiger partial charge on any atom is 0.108 e. The molecule has 23 heavy (non-hydrogen) atoms. The average Bonchev–Trinajstić information content (AvgIpc) is 2.31. The lowest BCUT2D eigenvalue weighted by Crippen LogP contribution is -2.23. The van der Waals surface area contributed by atoms with Crippen molar-refractivity contribution in [3.05, 3.63) is 0 Å². The van der Waals surface area contributed by atoms with E-state index in [1.807, 2.05) is 6.92 Å². The van der Waals surface area contributed by atoms with Crippen molar-refractivity contribution < 1.29 is 4.39 Å². The molecule has 0 radical (unpaired) electrons. The monoisotopic (exact) mass is 328 g/mol. The average molecular weight is 329 g/mol. The van der Waals surface area contributed by atoms with Gasteiger partial charge < -0.3 is 0 Å². The van der Waals surface area contributed by atoms with Crippen molar-refractivity contribution in [2.45, 2.75) is 113 Å². The van der Waals surface area contributed by atoms with Gasteiger partial charge in [0.2, 0.25) is 0 Å². The van der Waals surface area contributed by atoms with Gasteiger partial charge in [-0.15, -0.1) is 0 Å². The topological polar surface area (TPSA) is 0 Å². The highest BCUT2D eigenvalue weighted by molar-refractivity contribution is 4.78. The summed E-state index contributed by atoms with van der Waals surface area (Å²) >= 11 is 0. The lowest BCUT2D eigenvalue weighted by Gasteiger charge is -2.28. The van der Waals surface area contributed by atoms with E-state index in [1.54, 1.807) is 0 Å². The van der Waals surface area contributed by atoms with Crippen molar-refractivity contribution in [3.8, 4) is 0 Å². The van der Waals surface area contributed by atoms with Crippen LogP contribution in [0.2, 0.25) is 0 Å². The standard InChI is InChI=1S/C22H45F/c1-17(2)14-18(3)10-11-19(4)16-22(9,23)13-12-20(5)15-21(6,7)8/h17-20H,10-16H2,1-9H3. The molecule has 0 aromatic carbocycles. The van der Waals surface area contributed by atoms with E-state index in [2.05, 4.69) is 55.4 Å². The minimum absolute atomic E-state index is 0.353. The van der Waals surface area contributed by atoms with Crippen LogP contribution >= 0.6 is 0 Å². The molecular weight excluding hydrogens is 283 g/mol. The molecule has 0 amide bonds. The van der Waals surface area contributed by atoms with E-state index in [1.165, 1.54) is 25.7 Å². The first-order valence-electron chi connectivity index (χ1n) is 9.99. The van der Waals surface area contributed by atoms with Crippen LogP contribution in [-0.4, -0.2) is 5.67 Å². The first kappa shape index (κ1) is 22.9. The number of hydrogen-bond acceptors (Lipinski definition) is 0. The third-order valence-electron chi connectivity index (χ3n) is 4.92. The molecule has 0 aromatic heterocycles. The fourth-order valence-electron chi connectivity index (χ4n) is 4.12. The summed E-state index contributed by atoms with van der Waals surface area (Å²) in [6.45, 7) is 20.1. The molecule has 4 unspecified atom stereocenters. The van der Waals surface area contributed by atoms with Crippen molar-refractivity contribution in [2.75, 3.05) is 0 Å². The van der Waals surface area contributed by atoms with Gasteiger partial charge in [-0.1, -0.05) is 68.2 Å². The maximum absolute atomic E-state index is 14.9. The van der Waals surface area contributed by atoms with Gasteiger partial charge in [-0.2, -0.15) is 0 Å². The Labute approximate surface area is 147 Å². The number of alkyl halides is 1. The summed E-state index contributed by atoms with van der Waals surface area (Å²) in [6, 6.07) is 0. The zero-order valence-electron chi connectivity index (χ0n) is 17.6. The molecule has 1 heteroatoms. The van der Waals surface area contributed by atoms with Crippen LogP contribution in [0.4, 0.5) is 4.39 Å². The summed E-state index contributed by atoms with van der Waals surface area (Å²) < 4.78 is 14.9. The van der Waals surface area contributed by atoms with Crippen LogP contribution in [0.5, 0.6) is 0 Å². The largest absolute Gasteiger partial charge is 0.244 e. The Bertz CT molecular complexity index is 298. The second-order valence-electron chi connectivity index (χ2n) is 10.4. The van der Waals surface area contributed by atoms with Gasteiger partial charge >= 0.3 is 0 Å². The number of hydrogen-bond donors (Lipinski definition) is 0. The van der Waals surface area contributed by atoms with E-state index in [0.717, 1.165) is 31.1 Å². The van der Waals surface area contributed by atoms with Crippen molar-refractivity contribution in [2.24, 2.45) is 29.1 Å². The molecule has 0 saturated carbocycles. The van der Waals surface area contributed by atoms with Crippen molar-refractivity contribution >= 4 is 0 Å². The van der Waals surface area contributed by atoms with Crippen LogP contribution < -0.4 is 0 Å². The normalized spacial score (nSPS) is 19.4. The van der Waals surface area contributed by atoms with Gasteiger partial charge in [-0.25, -0.2) is 4.39 Å². The van der Waals surface area contributed by atoms with Gasteiger partial charge in [0.05, 0.1) is 0 Å². The van der Waals surface area contributed by atoms with Crippen LogP contribution in [0.3, 0.4) is 0 Å². The summed E-state index contributed by atoms with van der Waals surface area (Å²) in [7, 11) is 0. The molecule has 140 valence electrons. The second-order valence-corrected chi connectivity index (χ2v) is 10.4. The highest BCUT2D eigenvalue weighted by Crippen LogP contribution is 2.33. The van der Waals surface area contributed by atoms with Crippen LogP contribution in [0.15, 0.2) is 0 Å². The summed E-state index contributed by atoms with van der Waals surface area (Å²) in [5.74, 6) is 2.66. The van der Waals surface area contributed by atoms with E-state index in [0.29, 0.717) is 17.3 Å². The third kappa shape index (κ3) is 14.0. The van der Waals surface area contributed by atoms with E-state index < -0.39 is 5.67 Å². The highest BCUT2D eigenvalue weighted by Gasteiger charge is 2.27. The van der Waals surface area contributed by atoms with Gasteiger partial charge in [0, 0.05) is 0 Å². The molecule has 0 spiro atoms. The lowest BCUT2D eigenvalue weighted by atomic mass is 9.80. The molecule has 0 aliphatic rings. The van der Waals surface area contributed by atoms with Crippen molar-refractivity contribution in [3.63, 3.8) is 0 Å². The maximum atomic E-state index is 14.9. The van der Waals surface area contributed by atoms with Crippen LogP contribution in [0.25, 0.3) is 0 Å². The lowest BCUT2D eigenvalue weighted by molar-refractivity contribution is 0.118. The number of rotatable bonds is 11. The molecular formula is C22H45F. The van der Waals surface area contributed by atoms with Gasteiger partial charge in [-0.05, 0) is 68.1 Å². The van der Waals surface area contributed by atoms with Gasteiger partial charge in [0.15, 0.2) is 0 Å². The Morgan fingerprint density at radius 2 is 1.17 bits per heavy atom. The van der Waals surface area contributed by atoms with Gasteiger partial charge in [0.1, 0.15) is 5.67 Å². The first-order chi connectivity index (χ1) is 10.3. The minimum Gasteiger partial charge on any atom is -0.244 e. The number of halogens is 1. The third-order valence-corrected chi connectivity index (χ3v) is 4.92. The Kier molecular flexibility index (Phi) is 10.0. The summed E-state index contributed by atoms with van der Waals surface area (Å²) in [6.07, 6.45) is 7.36. The molecule has 0 heterocycles. The van der Waals surface area contributed by atoms with Gasteiger partial charge in [-0.3, -0.25) is 0 Å². The Hall–Kier alpha value is -0.0700. The zero-order valence-corrected chi connectivity index (χ0v) is 17.6. The van der Waals surface area contributed by atoms with E-state index >= 15 is 0 Å². The molecule has 4 atom stereocenters. The Balaban J connectivity index is 4.09. The SMILES string of the molecule is CC(C)CC(C)CCC(C)CC(C)(F)CCC(C)CC(C)(C)C. The summed E-state index contributed by atoms with van der Waals surface area (Å²) in [5.41, 5.74) is -0.640. The molecule has 0 aromatic rings. The molecule has 0 bridgehead atoms. The fraction of sp³-hybridized carbons (Fsp3) is 1.00. The van der Waals surface area contributed by atoms with E-state index in [4.69, 9.17) is 0 Å². The van der Waals surface area contributed by atoms with Crippen LogP contribution in [-0.2, 0) is 0 Å². The Morgan fingerprint density at radius 3 is 1.65 bits per heavy atom. The van der Waals surface area contributed by atoms with E-state index in [9.17, 15) is 4.39 Å². The molecule has 0 rings (SSSR count). The fourth-order valence-corrected chi connectivity index (χ4v) is 4.12. The van der Waals surface area contributed by atoms with Gasteiger partial charge in [0.25, 0.3) is 0 Å². The highest BCUT2D eigenvalue weighted by atomic mass is 19.1.